The zero-order valence-corrected chi connectivity index (χ0v) is 18.1. The molecule has 0 spiro atoms. The van der Waals surface area contributed by atoms with E-state index in [4.69, 9.17) is 32.7 Å². The van der Waals surface area contributed by atoms with Crippen LogP contribution in [0.2, 0.25) is 10.0 Å². The fourth-order valence-corrected chi connectivity index (χ4v) is 5.08. The van der Waals surface area contributed by atoms with E-state index in [0.717, 1.165) is 0 Å². The Morgan fingerprint density at radius 2 is 1.46 bits per heavy atom. The van der Waals surface area contributed by atoms with Gasteiger partial charge in [-0.15, -0.1) is 11.8 Å². The molecule has 0 unspecified atom stereocenters. The van der Waals surface area contributed by atoms with Crippen molar-refractivity contribution in [3.8, 4) is 0 Å². The Balaban J connectivity index is 1.63. The second-order valence-corrected chi connectivity index (χ2v) is 9.80. The van der Waals surface area contributed by atoms with Crippen LogP contribution in [0.15, 0.2) is 48.5 Å². The molecule has 1 heterocycles. The van der Waals surface area contributed by atoms with Gasteiger partial charge in [0.05, 0.1) is 20.5 Å². The molecule has 1 aliphatic rings. The first-order chi connectivity index (χ1) is 13.3. The van der Waals surface area contributed by atoms with Gasteiger partial charge in [-0.25, -0.2) is 14.0 Å². The van der Waals surface area contributed by atoms with Crippen molar-refractivity contribution in [1.82, 2.24) is 0 Å². The molecule has 1 fully saturated rings. The van der Waals surface area contributed by atoms with Crippen LogP contribution in [0.4, 0.5) is 4.39 Å². The van der Waals surface area contributed by atoms with Crippen LogP contribution in [0, 0.1) is 0 Å². The van der Waals surface area contributed by atoms with Crippen LogP contribution in [-0.4, -0.2) is 40.2 Å². The molecule has 0 aliphatic carbocycles. The summed E-state index contributed by atoms with van der Waals surface area (Å²) < 4.78 is 24.6. The minimum Gasteiger partial charge on any atom is -0.461 e. The Kier molecular flexibility index (Phi) is 7.25. The molecule has 0 bridgehead atoms. The van der Waals surface area contributed by atoms with E-state index in [-0.39, 0.29) is 12.2 Å². The predicted molar refractivity (Wildman–Crippen MR) is 111 cm³/mol. The molecule has 4 atom stereocenters. The lowest BCUT2D eigenvalue weighted by Crippen LogP contribution is -2.36. The van der Waals surface area contributed by atoms with E-state index in [1.807, 2.05) is 0 Å². The molecule has 28 heavy (non-hydrogen) atoms. The highest BCUT2D eigenvalue weighted by Gasteiger charge is 2.46. The Morgan fingerprint density at radius 3 is 2.00 bits per heavy atom. The van der Waals surface area contributed by atoms with E-state index < -0.39 is 33.6 Å². The number of benzene rings is 2. The van der Waals surface area contributed by atoms with E-state index in [9.17, 15) is 14.0 Å². The maximum atomic E-state index is 14.5. The average molecular weight is 508 g/mol. The van der Waals surface area contributed by atoms with Gasteiger partial charge in [-0.2, -0.15) is 0 Å². The molecule has 0 amide bonds. The lowest BCUT2D eigenvalue weighted by atomic mass is 10.1. The number of alkyl halides is 2. The maximum Gasteiger partial charge on any atom is 0.338 e. The highest BCUT2D eigenvalue weighted by Crippen LogP contribution is 2.41. The van der Waals surface area contributed by atoms with Crippen molar-refractivity contribution in [2.45, 2.75) is 21.7 Å². The van der Waals surface area contributed by atoms with Gasteiger partial charge in [0.15, 0.2) is 12.3 Å². The van der Waals surface area contributed by atoms with Crippen LogP contribution in [0.3, 0.4) is 0 Å². The number of carbonyl (C=O) groups is 2. The number of esters is 2. The van der Waals surface area contributed by atoms with Crippen molar-refractivity contribution in [3.63, 3.8) is 0 Å². The lowest BCUT2D eigenvalue weighted by Gasteiger charge is -2.20. The van der Waals surface area contributed by atoms with Gasteiger partial charge in [-0.3, -0.25) is 0 Å². The van der Waals surface area contributed by atoms with E-state index in [1.54, 1.807) is 24.3 Å². The van der Waals surface area contributed by atoms with Gasteiger partial charge in [-0.05, 0) is 48.5 Å². The van der Waals surface area contributed by atoms with E-state index >= 15 is 0 Å². The fourth-order valence-electron chi connectivity index (χ4n) is 2.55. The summed E-state index contributed by atoms with van der Waals surface area (Å²) in [6.45, 7) is -0.104. The Morgan fingerprint density at radius 1 is 0.964 bits per heavy atom. The first kappa shape index (κ1) is 21.4. The van der Waals surface area contributed by atoms with Crippen molar-refractivity contribution < 1.29 is 23.5 Å². The van der Waals surface area contributed by atoms with Crippen molar-refractivity contribution >= 4 is 62.8 Å². The predicted octanol–water partition coefficient (Wildman–Crippen LogP) is 5.55. The van der Waals surface area contributed by atoms with Crippen LogP contribution >= 0.6 is 50.9 Å². The zero-order valence-electron chi connectivity index (χ0n) is 14.2. The fraction of sp³-hybridized carbons (Fsp3) is 0.263. The second-order valence-electron chi connectivity index (χ2n) is 5.95. The third-order valence-electron chi connectivity index (χ3n) is 4.02. The van der Waals surface area contributed by atoms with Crippen LogP contribution in [0.5, 0.6) is 0 Å². The zero-order chi connectivity index (χ0) is 20.3. The van der Waals surface area contributed by atoms with Gasteiger partial charge >= 0.3 is 11.9 Å². The molecule has 4 nitrogen and oxygen atoms in total. The molecule has 0 N–H and O–H groups in total. The number of thioether (sulfide) groups is 1. The molecular weight excluding hydrogens is 494 g/mol. The molecule has 0 radical (unpaired) electrons. The van der Waals surface area contributed by atoms with Crippen LogP contribution in [0.1, 0.15) is 20.7 Å². The van der Waals surface area contributed by atoms with Crippen molar-refractivity contribution in [3.05, 3.63) is 69.7 Å². The summed E-state index contributed by atoms with van der Waals surface area (Å²) >= 11 is 16.0. The molecule has 3 rings (SSSR count). The molecule has 1 saturated heterocycles. The molecule has 0 saturated carbocycles. The molecule has 148 valence electrons. The Labute approximate surface area is 183 Å². The van der Waals surface area contributed by atoms with Gasteiger partial charge in [0.2, 0.25) is 0 Å². The number of hydrogen-bond acceptors (Lipinski definition) is 5. The lowest BCUT2D eigenvalue weighted by molar-refractivity contribution is 0.00404. The smallest absolute Gasteiger partial charge is 0.338 e. The average Bonchev–Trinajstić information content (AvgIpc) is 2.95. The van der Waals surface area contributed by atoms with Crippen molar-refractivity contribution in [2.24, 2.45) is 0 Å². The van der Waals surface area contributed by atoms with Gasteiger partial charge in [-0.1, -0.05) is 39.1 Å². The van der Waals surface area contributed by atoms with E-state index in [0.29, 0.717) is 15.6 Å². The summed E-state index contributed by atoms with van der Waals surface area (Å²) in [5, 5.41) is 0.426. The minimum atomic E-state index is -1.44. The summed E-state index contributed by atoms with van der Waals surface area (Å²) in [4.78, 5) is 24.5. The summed E-state index contributed by atoms with van der Waals surface area (Å²) in [6.07, 6.45) is -2.50. The van der Waals surface area contributed by atoms with Gasteiger partial charge in [0, 0.05) is 10.0 Å². The second kappa shape index (κ2) is 9.48. The third kappa shape index (κ3) is 5.20. The third-order valence-corrected chi connectivity index (χ3v) is 6.95. The number of ether oxygens (including phenoxy) is 2. The Hall–Kier alpha value is -1.28. The van der Waals surface area contributed by atoms with Crippen LogP contribution < -0.4 is 0 Å². The van der Waals surface area contributed by atoms with Crippen molar-refractivity contribution in [1.29, 1.82) is 0 Å². The summed E-state index contributed by atoms with van der Waals surface area (Å²) in [5.41, 5.74) is 0.589. The summed E-state index contributed by atoms with van der Waals surface area (Å²) in [6, 6.07) is 12.3. The first-order valence-electron chi connectivity index (χ1n) is 8.18. The number of halogens is 4. The highest BCUT2D eigenvalue weighted by atomic mass is 79.9. The maximum absolute atomic E-state index is 14.5. The highest BCUT2D eigenvalue weighted by molar-refractivity contribution is 9.11. The van der Waals surface area contributed by atoms with Gasteiger partial charge < -0.3 is 9.47 Å². The van der Waals surface area contributed by atoms with Crippen LogP contribution in [-0.2, 0) is 9.47 Å². The first-order valence-corrected chi connectivity index (χ1v) is 10.8. The van der Waals surface area contributed by atoms with E-state index in [1.165, 1.54) is 36.0 Å². The molecule has 0 aromatic heterocycles. The summed E-state index contributed by atoms with van der Waals surface area (Å²) in [5.74, 6) is -1.23. The topological polar surface area (TPSA) is 52.6 Å². The minimum absolute atomic E-state index is 0.104. The number of hydrogen-bond donors (Lipinski definition) is 0. The molecule has 2 aromatic carbocycles. The standard InChI is InChI=1S/C19H14BrCl2FO4S/c20-17-15(23)16(27-19(25)11-3-7-13(22)8-4-11)14(28-17)9-26-18(24)10-1-5-12(21)6-2-10/h1-8,14-17H,9H2/t14-,15+,16-,17+/m1/s1. The van der Waals surface area contributed by atoms with Gasteiger partial charge in [0.1, 0.15) is 6.61 Å². The largest absolute Gasteiger partial charge is 0.461 e. The normalized spacial score (nSPS) is 24.0. The van der Waals surface area contributed by atoms with Crippen LogP contribution in [0.25, 0.3) is 0 Å². The Bertz CT molecular complexity index is 850. The quantitative estimate of drug-likeness (QED) is 0.392. The monoisotopic (exact) mass is 506 g/mol. The molecule has 9 heteroatoms. The molecule has 1 aliphatic heterocycles. The summed E-state index contributed by atoms with van der Waals surface area (Å²) in [7, 11) is 0. The van der Waals surface area contributed by atoms with E-state index in [2.05, 4.69) is 15.9 Å². The molecular formula is C19H14BrCl2FO4S. The number of rotatable bonds is 5. The van der Waals surface area contributed by atoms with Crippen molar-refractivity contribution in [2.75, 3.05) is 6.61 Å². The SMILES string of the molecule is O=C(OC[C@H]1S[C@H](Br)[C@@H](F)[C@@H]1OC(=O)c1ccc(Cl)cc1)c1ccc(Cl)cc1. The number of carbonyl (C=O) groups excluding carboxylic acids is 2. The molecule has 2 aromatic rings. The van der Waals surface area contributed by atoms with Gasteiger partial charge in [0.25, 0.3) is 0 Å².